The van der Waals surface area contributed by atoms with Crippen LogP contribution in [0.4, 0.5) is 0 Å². The molecule has 0 spiro atoms. The third-order valence-electron chi connectivity index (χ3n) is 6.53. The largest absolute Gasteiger partial charge is 0.478 e. The molecule has 2 aliphatic rings. The second-order valence-electron chi connectivity index (χ2n) is 8.43. The van der Waals surface area contributed by atoms with Crippen LogP contribution in [0.3, 0.4) is 0 Å². The van der Waals surface area contributed by atoms with Crippen LogP contribution in [0.2, 0.25) is 0 Å². The molecule has 3 atom stereocenters. The monoisotopic (exact) mass is 320 g/mol. The number of carboxylic acid groups (broad SMARTS) is 1. The molecule has 23 heavy (non-hydrogen) atoms. The van der Waals surface area contributed by atoms with E-state index < -0.39 is 5.97 Å². The van der Waals surface area contributed by atoms with Gasteiger partial charge in [0.15, 0.2) is 0 Å². The van der Waals surface area contributed by atoms with Crippen molar-refractivity contribution in [3.05, 3.63) is 23.3 Å². The average molecular weight is 320 g/mol. The molecule has 3 heteroatoms. The topological polar surface area (TPSA) is 57.5 Å². The highest BCUT2D eigenvalue weighted by Crippen LogP contribution is 2.60. The maximum absolute atomic E-state index is 11.8. The first-order valence-electron chi connectivity index (χ1n) is 8.92. The molecule has 0 saturated heterocycles. The van der Waals surface area contributed by atoms with Crippen molar-refractivity contribution in [1.82, 2.24) is 0 Å². The first-order chi connectivity index (χ1) is 10.7. The van der Waals surface area contributed by atoms with Gasteiger partial charge in [0.1, 0.15) is 0 Å². The number of allylic oxidation sites excluding steroid dienone is 2. The van der Waals surface area contributed by atoms with Crippen molar-refractivity contribution >= 4 is 5.97 Å². The van der Waals surface area contributed by atoms with Gasteiger partial charge in [0, 0.05) is 5.57 Å². The second kappa shape index (κ2) is 6.80. The van der Waals surface area contributed by atoms with E-state index in [1.54, 1.807) is 0 Å². The highest BCUT2D eigenvalue weighted by molar-refractivity contribution is 5.87. The van der Waals surface area contributed by atoms with Crippen molar-refractivity contribution < 1.29 is 15.0 Å². The lowest BCUT2D eigenvalue weighted by Crippen LogP contribution is -2.49. The molecule has 0 unspecified atom stereocenters. The molecule has 1 fully saturated rings. The number of hydrogen-bond donors (Lipinski definition) is 2. The molecule has 0 bridgehead atoms. The summed E-state index contributed by atoms with van der Waals surface area (Å²) in [7, 11) is 0. The smallest absolute Gasteiger partial charge is 0.331 e. The van der Waals surface area contributed by atoms with E-state index in [4.69, 9.17) is 5.11 Å². The molecule has 0 aromatic heterocycles. The minimum Gasteiger partial charge on any atom is -0.478 e. The highest BCUT2D eigenvalue weighted by Gasteiger charge is 2.53. The molecule has 2 N–H and O–H groups in total. The average Bonchev–Trinajstić information content (AvgIpc) is 2.44. The Bertz CT molecular complexity index is 515. The van der Waals surface area contributed by atoms with Gasteiger partial charge in [-0.2, -0.15) is 0 Å². The van der Waals surface area contributed by atoms with Crippen LogP contribution < -0.4 is 0 Å². The van der Waals surface area contributed by atoms with Crippen LogP contribution in [0.1, 0.15) is 66.2 Å². The minimum absolute atomic E-state index is 0.0606. The summed E-state index contributed by atoms with van der Waals surface area (Å²) >= 11 is 0. The zero-order valence-electron chi connectivity index (χ0n) is 15.1. The molecule has 1 saturated carbocycles. The van der Waals surface area contributed by atoms with Crippen molar-refractivity contribution in [2.24, 2.45) is 22.7 Å². The van der Waals surface area contributed by atoms with Crippen molar-refractivity contribution in [2.45, 2.75) is 66.2 Å². The molecule has 2 aliphatic carbocycles. The van der Waals surface area contributed by atoms with Gasteiger partial charge in [-0.05, 0) is 61.7 Å². The predicted octanol–water partition coefficient (Wildman–Crippen LogP) is 4.57. The summed E-state index contributed by atoms with van der Waals surface area (Å²) in [5.74, 6) is -0.0822. The molecule has 2 rings (SSSR count). The van der Waals surface area contributed by atoms with Gasteiger partial charge in [-0.25, -0.2) is 4.79 Å². The number of fused-ring (bicyclic) bond motifs is 1. The van der Waals surface area contributed by atoms with E-state index in [1.165, 1.54) is 12.8 Å². The van der Waals surface area contributed by atoms with Crippen LogP contribution in [0.15, 0.2) is 23.3 Å². The molecule has 0 aliphatic heterocycles. The first-order valence-corrected chi connectivity index (χ1v) is 8.92. The molecule has 3 nitrogen and oxygen atoms in total. The molecule has 0 amide bonds. The van der Waals surface area contributed by atoms with Gasteiger partial charge in [-0.3, -0.25) is 0 Å². The number of aliphatic carboxylic acids is 1. The van der Waals surface area contributed by atoms with Gasteiger partial charge in [0.05, 0.1) is 6.61 Å². The fraction of sp³-hybridized carbons (Fsp3) is 0.750. The van der Waals surface area contributed by atoms with E-state index in [0.717, 1.165) is 31.3 Å². The Morgan fingerprint density at radius 1 is 1.35 bits per heavy atom. The first kappa shape index (κ1) is 18.3. The molecular weight excluding hydrogens is 288 g/mol. The summed E-state index contributed by atoms with van der Waals surface area (Å²) in [5.41, 5.74) is 2.13. The van der Waals surface area contributed by atoms with Gasteiger partial charge in [0.2, 0.25) is 0 Å². The predicted molar refractivity (Wildman–Crippen MR) is 93.1 cm³/mol. The lowest BCUT2D eigenvalue weighted by Gasteiger charge is -2.56. The maximum Gasteiger partial charge on any atom is 0.331 e. The number of hydrogen-bond acceptors (Lipinski definition) is 2. The van der Waals surface area contributed by atoms with E-state index >= 15 is 0 Å². The summed E-state index contributed by atoms with van der Waals surface area (Å²) in [4.78, 5) is 11.8. The van der Waals surface area contributed by atoms with E-state index in [2.05, 4.69) is 20.8 Å². The molecule has 0 radical (unpaired) electrons. The van der Waals surface area contributed by atoms with Gasteiger partial charge < -0.3 is 10.2 Å². The Balaban J connectivity index is 2.32. The quantitative estimate of drug-likeness (QED) is 0.730. The number of rotatable bonds is 5. The molecule has 130 valence electrons. The van der Waals surface area contributed by atoms with Crippen molar-refractivity contribution in [1.29, 1.82) is 0 Å². The van der Waals surface area contributed by atoms with Crippen LogP contribution in [0.25, 0.3) is 0 Å². The number of carboxylic acids is 1. The van der Waals surface area contributed by atoms with E-state index in [9.17, 15) is 9.90 Å². The van der Waals surface area contributed by atoms with Crippen LogP contribution in [-0.4, -0.2) is 22.8 Å². The maximum atomic E-state index is 11.8. The standard InChI is InChI=1S/C20H32O3/c1-14(10-13-21)6-8-16-15(18(22)23)7-9-17-19(2,3)11-5-12-20(16,17)4/h7,10,16-17,21H,5-6,8-9,11-13H2,1-4H3,(H,22,23)/b14-10+/t16-,17+,20+/m0/s1. The molecule has 0 aromatic rings. The third-order valence-corrected chi connectivity index (χ3v) is 6.53. The normalized spacial score (nSPS) is 33.8. The summed E-state index contributed by atoms with van der Waals surface area (Å²) in [6.45, 7) is 9.11. The Labute approximate surface area is 140 Å². The van der Waals surface area contributed by atoms with E-state index in [-0.39, 0.29) is 23.4 Å². The molecular formula is C20H32O3. The van der Waals surface area contributed by atoms with E-state index in [0.29, 0.717) is 11.5 Å². The Morgan fingerprint density at radius 2 is 2.04 bits per heavy atom. The van der Waals surface area contributed by atoms with Crippen LogP contribution in [-0.2, 0) is 4.79 Å². The summed E-state index contributed by atoms with van der Waals surface area (Å²) in [6.07, 6.45) is 10.00. The Kier molecular flexibility index (Phi) is 5.40. The van der Waals surface area contributed by atoms with Gasteiger partial charge >= 0.3 is 5.97 Å². The van der Waals surface area contributed by atoms with Gasteiger partial charge in [0.25, 0.3) is 0 Å². The number of carbonyl (C=O) groups is 1. The molecule has 0 aromatic carbocycles. The third kappa shape index (κ3) is 3.55. The summed E-state index contributed by atoms with van der Waals surface area (Å²) in [6, 6.07) is 0. The molecule has 0 heterocycles. The van der Waals surface area contributed by atoms with Crippen LogP contribution >= 0.6 is 0 Å². The summed E-state index contributed by atoms with van der Waals surface area (Å²) in [5, 5.41) is 18.7. The highest BCUT2D eigenvalue weighted by atomic mass is 16.4. The minimum atomic E-state index is -0.748. The lowest BCUT2D eigenvalue weighted by molar-refractivity contribution is -0.135. The Morgan fingerprint density at radius 3 is 2.65 bits per heavy atom. The van der Waals surface area contributed by atoms with Crippen LogP contribution in [0, 0.1) is 22.7 Å². The SMILES string of the molecule is C/C(=C\CO)CC[C@H]1C(C(=O)O)=CC[C@@H]2C(C)(C)CCC[C@@]21C. The zero-order chi connectivity index (χ0) is 17.3. The van der Waals surface area contributed by atoms with Crippen LogP contribution in [0.5, 0.6) is 0 Å². The van der Waals surface area contributed by atoms with Crippen molar-refractivity contribution in [2.75, 3.05) is 6.61 Å². The van der Waals surface area contributed by atoms with Gasteiger partial charge in [-0.1, -0.05) is 44.9 Å². The van der Waals surface area contributed by atoms with Crippen molar-refractivity contribution in [3.8, 4) is 0 Å². The fourth-order valence-electron chi connectivity index (χ4n) is 5.27. The Hall–Kier alpha value is -1.09. The van der Waals surface area contributed by atoms with E-state index in [1.807, 2.05) is 19.1 Å². The van der Waals surface area contributed by atoms with Crippen molar-refractivity contribution in [3.63, 3.8) is 0 Å². The number of aliphatic hydroxyl groups is 1. The second-order valence-corrected chi connectivity index (χ2v) is 8.43. The number of aliphatic hydroxyl groups excluding tert-OH is 1. The van der Waals surface area contributed by atoms with Gasteiger partial charge in [-0.15, -0.1) is 0 Å². The fourth-order valence-corrected chi connectivity index (χ4v) is 5.27. The lowest BCUT2D eigenvalue weighted by atomic mass is 9.48. The zero-order valence-corrected chi connectivity index (χ0v) is 15.1. The summed E-state index contributed by atoms with van der Waals surface area (Å²) < 4.78 is 0.